The highest BCUT2D eigenvalue weighted by Gasteiger charge is 2.28. The van der Waals surface area contributed by atoms with E-state index in [1.165, 1.54) is 26.9 Å². The molecule has 1 N–H and O–H groups in total. The lowest BCUT2D eigenvalue weighted by atomic mass is 10.1. The lowest BCUT2D eigenvalue weighted by molar-refractivity contribution is -0.151. The van der Waals surface area contributed by atoms with Crippen molar-refractivity contribution in [3.8, 4) is 5.75 Å². The molecular formula is C24H38FNO5. The van der Waals surface area contributed by atoms with Crippen molar-refractivity contribution in [2.45, 2.75) is 73.3 Å². The van der Waals surface area contributed by atoms with Crippen LogP contribution >= 0.6 is 0 Å². The lowest BCUT2D eigenvalue weighted by Crippen LogP contribution is -2.22. The Hall–Kier alpha value is -2.31. The Bertz CT molecular complexity index is 768. The second-order valence-electron chi connectivity index (χ2n) is 9.45. The van der Waals surface area contributed by atoms with Crippen LogP contribution in [0.1, 0.15) is 76.7 Å². The first-order valence-electron chi connectivity index (χ1n) is 10.8. The van der Waals surface area contributed by atoms with Crippen LogP contribution in [0.15, 0.2) is 6.07 Å². The van der Waals surface area contributed by atoms with E-state index in [0.717, 1.165) is 31.5 Å². The number of hydrogen-bond acceptors (Lipinski definition) is 5. The average Bonchev–Trinajstić information content (AvgIpc) is 3.29. The minimum Gasteiger partial charge on any atom is -0.494 e. The molecule has 1 aliphatic carbocycles. The number of hydrogen-bond donors (Lipinski definition) is 1. The predicted octanol–water partition coefficient (Wildman–Crippen LogP) is 5.45. The first kappa shape index (κ1) is 26.7. The van der Waals surface area contributed by atoms with Crippen molar-refractivity contribution >= 4 is 17.6 Å². The summed E-state index contributed by atoms with van der Waals surface area (Å²) in [5.41, 5.74) is 0.469. The fourth-order valence-corrected chi connectivity index (χ4v) is 3.21. The molecule has 2 fully saturated rings. The van der Waals surface area contributed by atoms with Gasteiger partial charge < -0.3 is 19.5 Å². The van der Waals surface area contributed by atoms with Gasteiger partial charge in [0, 0.05) is 25.6 Å². The Labute approximate surface area is 185 Å². The predicted molar refractivity (Wildman–Crippen MR) is 121 cm³/mol. The number of halogens is 1. The lowest BCUT2D eigenvalue weighted by Gasteiger charge is -2.23. The highest BCUT2D eigenvalue weighted by molar-refractivity contribution is 5.91. The average molecular weight is 440 g/mol. The van der Waals surface area contributed by atoms with Gasteiger partial charge in [-0.25, -0.2) is 9.18 Å². The molecule has 2 aliphatic rings. The number of nitrogens with zero attached hydrogens (tertiary/aromatic N) is 1. The molecule has 1 atom stereocenters. The zero-order valence-corrected chi connectivity index (χ0v) is 20.2. The van der Waals surface area contributed by atoms with Gasteiger partial charge in [0.1, 0.15) is 17.0 Å². The zero-order chi connectivity index (χ0) is 23.9. The number of ether oxygens (including phenoxy) is 2. The Morgan fingerprint density at radius 1 is 1.16 bits per heavy atom. The molecular weight excluding hydrogens is 401 g/mol. The van der Waals surface area contributed by atoms with Gasteiger partial charge >= 0.3 is 11.9 Å². The highest BCUT2D eigenvalue weighted by atomic mass is 19.1. The molecule has 1 saturated heterocycles. The van der Waals surface area contributed by atoms with Crippen LogP contribution in [0.4, 0.5) is 10.1 Å². The molecule has 0 radical (unpaired) electrons. The van der Waals surface area contributed by atoms with Gasteiger partial charge in [-0.3, -0.25) is 4.79 Å². The van der Waals surface area contributed by atoms with Gasteiger partial charge in [-0.2, -0.15) is 0 Å². The quantitative estimate of drug-likeness (QED) is 0.631. The molecule has 176 valence electrons. The molecule has 3 rings (SSSR count). The van der Waals surface area contributed by atoms with Crippen molar-refractivity contribution in [3.63, 3.8) is 0 Å². The van der Waals surface area contributed by atoms with Crippen LogP contribution in [-0.2, 0) is 9.53 Å². The van der Waals surface area contributed by atoms with Crippen molar-refractivity contribution in [2.75, 3.05) is 25.1 Å². The summed E-state index contributed by atoms with van der Waals surface area (Å²) in [6.07, 6.45) is 3.97. The minimum absolute atomic E-state index is 0.0506. The van der Waals surface area contributed by atoms with Crippen LogP contribution in [0.2, 0.25) is 0 Å². The van der Waals surface area contributed by atoms with Crippen LogP contribution in [0.5, 0.6) is 5.75 Å². The van der Waals surface area contributed by atoms with Crippen molar-refractivity contribution in [2.24, 2.45) is 11.8 Å². The fourth-order valence-electron chi connectivity index (χ4n) is 3.21. The molecule has 7 heteroatoms. The van der Waals surface area contributed by atoms with Crippen LogP contribution in [-0.4, -0.2) is 42.8 Å². The largest absolute Gasteiger partial charge is 0.494 e. The topological polar surface area (TPSA) is 76.1 Å². The maximum absolute atomic E-state index is 14.2. The highest BCUT2D eigenvalue weighted by Crippen LogP contribution is 2.39. The zero-order valence-electron chi connectivity index (χ0n) is 20.2. The molecule has 31 heavy (non-hydrogen) atoms. The van der Waals surface area contributed by atoms with Crippen molar-refractivity contribution < 1.29 is 28.6 Å². The Morgan fingerprint density at radius 2 is 1.71 bits per heavy atom. The number of carbonyl (C=O) groups excluding carboxylic acids is 1. The number of anilines is 1. The third-order valence-corrected chi connectivity index (χ3v) is 4.95. The van der Waals surface area contributed by atoms with Crippen molar-refractivity contribution in [1.29, 1.82) is 0 Å². The minimum atomic E-state index is -1.14. The number of aromatic carboxylic acids is 1. The van der Waals surface area contributed by atoms with Gasteiger partial charge in [0.2, 0.25) is 0 Å². The summed E-state index contributed by atoms with van der Waals surface area (Å²) in [6.45, 7) is 14.5. The second-order valence-corrected chi connectivity index (χ2v) is 9.45. The number of methoxy groups -OCH3 is 1. The number of carboxylic acid groups (broad SMARTS) is 1. The fraction of sp³-hybridized carbons (Fsp3) is 0.667. The third kappa shape index (κ3) is 9.15. The van der Waals surface area contributed by atoms with E-state index >= 15 is 0 Å². The molecule has 1 saturated carbocycles. The Morgan fingerprint density at radius 3 is 2.00 bits per heavy atom. The Balaban J connectivity index is 0.000000328. The van der Waals surface area contributed by atoms with Gasteiger partial charge in [0.25, 0.3) is 0 Å². The Kier molecular flexibility index (Phi) is 9.78. The van der Waals surface area contributed by atoms with E-state index < -0.39 is 11.8 Å². The van der Waals surface area contributed by atoms with Gasteiger partial charge in [0.05, 0.1) is 12.7 Å². The molecule has 1 aromatic carbocycles. The molecule has 6 nitrogen and oxygen atoms in total. The standard InChI is InChI=1S/C14H18FNO3.C6H12O2.C4H8/c1-8-4-5-16(7-8)12-11(15)6-10(14(17)18)9(2)13(12)19-3;1-5(7)8-6(2,3)4;1-4-2-3-4/h6,8H,4-5,7H2,1-3H3,(H,17,18);1-4H3;4H,2-3H2,1H3. The molecule has 1 aromatic rings. The molecule has 0 spiro atoms. The van der Waals surface area contributed by atoms with Crippen LogP contribution in [0.25, 0.3) is 0 Å². The molecule has 0 bridgehead atoms. The summed E-state index contributed by atoms with van der Waals surface area (Å²) < 4.78 is 24.3. The van der Waals surface area contributed by atoms with E-state index in [0.29, 0.717) is 22.9 Å². The third-order valence-electron chi connectivity index (χ3n) is 4.95. The molecule has 1 heterocycles. The van der Waals surface area contributed by atoms with Gasteiger partial charge in [-0.1, -0.05) is 26.7 Å². The van der Waals surface area contributed by atoms with Gasteiger partial charge in [-0.05, 0) is 52.0 Å². The van der Waals surface area contributed by atoms with E-state index in [9.17, 15) is 14.0 Å². The van der Waals surface area contributed by atoms with Gasteiger partial charge in [-0.15, -0.1) is 0 Å². The smallest absolute Gasteiger partial charge is 0.336 e. The summed E-state index contributed by atoms with van der Waals surface area (Å²) in [7, 11) is 1.44. The molecule has 1 unspecified atom stereocenters. The summed E-state index contributed by atoms with van der Waals surface area (Å²) in [6, 6.07) is 1.08. The number of carboxylic acids is 1. The summed E-state index contributed by atoms with van der Waals surface area (Å²) >= 11 is 0. The number of esters is 1. The molecule has 0 aromatic heterocycles. The van der Waals surface area contributed by atoms with Crippen LogP contribution < -0.4 is 9.64 Å². The number of benzene rings is 1. The SMILES string of the molecule is CC(=O)OC(C)(C)C.CC1CC1.COc1c(C)c(C(=O)O)cc(F)c1N1CCC(C)C1. The summed E-state index contributed by atoms with van der Waals surface area (Å²) in [5, 5.41) is 9.07. The maximum Gasteiger partial charge on any atom is 0.336 e. The van der Waals surface area contributed by atoms with E-state index in [2.05, 4.69) is 13.8 Å². The van der Waals surface area contributed by atoms with Gasteiger partial charge in [0.15, 0.2) is 5.82 Å². The monoisotopic (exact) mass is 439 g/mol. The van der Waals surface area contributed by atoms with E-state index in [4.69, 9.17) is 14.6 Å². The van der Waals surface area contributed by atoms with Crippen LogP contribution in [0.3, 0.4) is 0 Å². The van der Waals surface area contributed by atoms with Crippen molar-refractivity contribution in [3.05, 3.63) is 23.0 Å². The second kappa shape index (κ2) is 11.3. The van der Waals surface area contributed by atoms with Crippen molar-refractivity contribution in [1.82, 2.24) is 0 Å². The van der Waals surface area contributed by atoms with E-state index in [1.54, 1.807) is 6.92 Å². The first-order valence-corrected chi connectivity index (χ1v) is 10.8. The molecule has 0 amide bonds. The van der Waals surface area contributed by atoms with Crippen LogP contribution in [0, 0.1) is 24.6 Å². The number of carbonyl (C=O) groups is 2. The maximum atomic E-state index is 14.2. The normalized spacial score (nSPS) is 17.7. The van der Waals surface area contributed by atoms with E-state index in [-0.39, 0.29) is 17.1 Å². The number of rotatable bonds is 3. The molecule has 1 aliphatic heterocycles. The summed E-state index contributed by atoms with van der Waals surface area (Å²) in [5.74, 6) is 0.0116. The van der Waals surface area contributed by atoms with E-state index in [1.807, 2.05) is 25.7 Å². The first-order chi connectivity index (χ1) is 14.3. The summed E-state index contributed by atoms with van der Waals surface area (Å²) in [4.78, 5) is 23.3.